The van der Waals surface area contributed by atoms with Crippen LogP contribution in [0.3, 0.4) is 0 Å². The van der Waals surface area contributed by atoms with Crippen LogP contribution in [0, 0.1) is 23.7 Å². The number of piperidine rings is 1. The van der Waals surface area contributed by atoms with Crippen molar-refractivity contribution in [3.63, 3.8) is 0 Å². The van der Waals surface area contributed by atoms with Gasteiger partial charge >= 0.3 is 0 Å². The lowest BCUT2D eigenvalue weighted by Gasteiger charge is -2.40. The lowest BCUT2D eigenvalue weighted by atomic mass is 9.75. The van der Waals surface area contributed by atoms with Crippen LogP contribution in [0.25, 0.3) is 0 Å². The molecule has 0 aromatic heterocycles. The highest BCUT2D eigenvalue weighted by atomic mass is 15.1. The van der Waals surface area contributed by atoms with Crippen LogP contribution in [0.2, 0.25) is 0 Å². The van der Waals surface area contributed by atoms with Crippen LogP contribution in [-0.4, -0.2) is 24.5 Å². The number of likely N-dealkylation sites (tertiary alicyclic amines) is 1. The molecule has 1 saturated carbocycles. The standard InChI is InChI=1S/C18H23N/c1-2-7-16(8-3-1)9-6-13-19-14-12-17-10-4-5-11-18(17)15-19/h1-3,7-8,17-18H,4-5,10-15H2/t17-,18-/m0/s1. The Morgan fingerprint density at radius 3 is 2.63 bits per heavy atom. The molecule has 0 N–H and O–H groups in total. The summed E-state index contributed by atoms with van der Waals surface area (Å²) in [6.45, 7) is 3.48. The third-order valence-electron chi connectivity index (χ3n) is 4.68. The molecule has 100 valence electrons. The fourth-order valence-electron chi connectivity index (χ4n) is 3.59. The first-order chi connectivity index (χ1) is 9.42. The SMILES string of the molecule is C(#Cc1ccccc1)CN1CC[C@@H]2CCCC[C@H]2C1. The van der Waals surface area contributed by atoms with Gasteiger partial charge in [0.1, 0.15) is 0 Å². The molecule has 1 aromatic rings. The van der Waals surface area contributed by atoms with Gasteiger partial charge in [0.15, 0.2) is 0 Å². The highest BCUT2D eigenvalue weighted by Crippen LogP contribution is 2.35. The summed E-state index contributed by atoms with van der Waals surface area (Å²) in [5.74, 6) is 8.59. The minimum absolute atomic E-state index is 0.943. The van der Waals surface area contributed by atoms with E-state index < -0.39 is 0 Å². The van der Waals surface area contributed by atoms with Gasteiger partial charge in [0, 0.05) is 12.1 Å². The molecule has 2 fully saturated rings. The fraction of sp³-hybridized carbons (Fsp3) is 0.556. The number of hydrogen-bond acceptors (Lipinski definition) is 1. The zero-order chi connectivity index (χ0) is 12.9. The second-order valence-electron chi connectivity index (χ2n) is 6.00. The van der Waals surface area contributed by atoms with Crippen molar-refractivity contribution in [1.29, 1.82) is 0 Å². The molecular weight excluding hydrogens is 230 g/mol. The van der Waals surface area contributed by atoms with Crippen LogP contribution in [0.4, 0.5) is 0 Å². The molecule has 1 heteroatoms. The van der Waals surface area contributed by atoms with Crippen molar-refractivity contribution in [3.8, 4) is 11.8 Å². The summed E-state index contributed by atoms with van der Waals surface area (Å²) in [7, 11) is 0. The molecule has 0 unspecified atom stereocenters. The molecule has 1 saturated heterocycles. The summed E-state index contributed by atoms with van der Waals surface area (Å²) in [6.07, 6.45) is 7.25. The predicted molar refractivity (Wildman–Crippen MR) is 79.8 cm³/mol. The van der Waals surface area contributed by atoms with Crippen molar-refractivity contribution in [2.45, 2.75) is 32.1 Å². The van der Waals surface area contributed by atoms with Crippen LogP contribution >= 0.6 is 0 Å². The Hall–Kier alpha value is -1.26. The van der Waals surface area contributed by atoms with E-state index in [0.717, 1.165) is 23.9 Å². The van der Waals surface area contributed by atoms with E-state index in [9.17, 15) is 0 Å². The maximum absolute atomic E-state index is 3.34. The van der Waals surface area contributed by atoms with E-state index in [1.165, 1.54) is 45.2 Å². The van der Waals surface area contributed by atoms with Gasteiger partial charge in [-0.15, -0.1) is 0 Å². The smallest absolute Gasteiger partial charge is 0.0605 e. The summed E-state index contributed by atoms with van der Waals surface area (Å²) in [6, 6.07) is 10.3. The normalized spacial score (nSPS) is 27.2. The molecule has 0 amide bonds. The van der Waals surface area contributed by atoms with Crippen LogP contribution in [0.15, 0.2) is 30.3 Å². The topological polar surface area (TPSA) is 3.24 Å². The molecule has 19 heavy (non-hydrogen) atoms. The summed E-state index contributed by atoms with van der Waals surface area (Å²) in [4.78, 5) is 2.56. The highest BCUT2D eigenvalue weighted by molar-refractivity contribution is 5.33. The number of rotatable bonds is 1. The van der Waals surface area contributed by atoms with E-state index in [-0.39, 0.29) is 0 Å². The van der Waals surface area contributed by atoms with Crippen LogP contribution < -0.4 is 0 Å². The van der Waals surface area contributed by atoms with Crippen LogP contribution in [-0.2, 0) is 0 Å². The predicted octanol–water partition coefficient (Wildman–Crippen LogP) is 3.55. The van der Waals surface area contributed by atoms with Crippen molar-refractivity contribution in [2.75, 3.05) is 19.6 Å². The van der Waals surface area contributed by atoms with Crippen molar-refractivity contribution >= 4 is 0 Å². The van der Waals surface area contributed by atoms with Gasteiger partial charge in [0.05, 0.1) is 6.54 Å². The molecule has 1 aliphatic carbocycles. The Labute approximate surface area is 117 Å². The van der Waals surface area contributed by atoms with Crippen LogP contribution in [0.1, 0.15) is 37.7 Å². The van der Waals surface area contributed by atoms with Gasteiger partial charge in [0.25, 0.3) is 0 Å². The highest BCUT2D eigenvalue weighted by Gasteiger charge is 2.30. The van der Waals surface area contributed by atoms with Gasteiger partial charge in [0.2, 0.25) is 0 Å². The third-order valence-corrected chi connectivity index (χ3v) is 4.68. The second-order valence-corrected chi connectivity index (χ2v) is 6.00. The Bertz CT molecular complexity index is 454. The minimum Gasteiger partial charge on any atom is -0.292 e. The largest absolute Gasteiger partial charge is 0.292 e. The monoisotopic (exact) mass is 253 g/mol. The first-order valence-electron chi connectivity index (χ1n) is 7.68. The summed E-state index contributed by atoms with van der Waals surface area (Å²) >= 11 is 0. The Morgan fingerprint density at radius 2 is 1.79 bits per heavy atom. The second kappa shape index (κ2) is 6.26. The average Bonchev–Trinajstić information content (AvgIpc) is 2.48. The molecule has 3 rings (SSSR count). The molecule has 0 bridgehead atoms. The quantitative estimate of drug-likeness (QED) is 0.692. The summed E-state index contributed by atoms with van der Waals surface area (Å²) in [5.41, 5.74) is 1.13. The van der Waals surface area contributed by atoms with Gasteiger partial charge < -0.3 is 0 Å². The van der Waals surface area contributed by atoms with E-state index in [1.54, 1.807) is 0 Å². The Morgan fingerprint density at radius 1 is 1.00 bits per heavy atom. The average molecular weight is 253 g/mol. The zero-order valence-electron chi connectivity index (χ0n) is 11.6. The zero-order valence-corrected chi connectivity index (χ0v) is 11.6. The lowest BCUT2D eigenvalue weighted by Crippen LogP contribution is -2.41. The molecular formula is C18H23N. The number of nitrogens with zero attached hydrogens (tertiary/aromatic N) is 1. The Balaban J connectivity index is 1.53. The number of hydrogen-bond donors (Lipinski definition) is 0. The van der Waals surface area contributed by atoms with Crippen molar-refractivity contribution < 1.29 is 0 Å². The van der Waals surface area contributed by atoms with E-state index >= 15 is 0 Å². The van der Waals surface area contributed by atoms with Gasteiger partial charge in [-0.05, 0) is 43.4 Å². The van der Waals surface area contributed by atoms with Crippen molar-refractivity contribution in [1.82, 2.24) is 4.90 Å². The summed E-state index contributed by atoms with van der Waals surface area (Å²) in [5, 5.41) is 0. The summed E-state index contributed by atoms with van der Waals surface area (Å²) < 4.78 is 0. The minimum atomic E-state index is 0.943. The van der Waals surface area contributed by atoms with E-state index in [0.29, 0.717) is 0 Å². The van der Waals surface area contributed by atoms with E-state index in [4.69, 9.17) is 0 Å². The van der Waals surface area contributed by atoms with Gasteiger partial charge in [-0.2, -0.15) is 0 Å². The molecule has 0 spiro atoms. The number of fused-ring (bicyclic) bond motifs is 1. The molecule has 2 atom stereocenters. The molecule has 1 aromatic carbocycles. The number of benzene rings is 1. The Kier molecular flexibility index (Phi) is 4.20. The van der Waals surface area contributed by atoms with Gasteiger partial charge in [-0.25, -0.2) is 0 Å². The van der Waals surface area contributed by atoms with Crippen LogP contribution in [0.5, 0.6) is 0 Å². The maximum Gasteiger partial charge on any atom is 0.0605 e. The molecule has 2 aliphatic rings. The van der Waals surface area contributed by atoms with Crippen molar-refractivity contribution in [3.05, 3.63) is 35.9 Å². The lowest BCUT2D eigenvalue weighted by molar-refractivity contribution is 0.0965. The van der Waals surface area contributed by atoms with E-state index in [1.807, 2.05) is 6.07 Å². The van der Waals surface area contributed by atoms with Crippen molar-refractivity contribution in [2.24, 2.45) is 11.8 Å². The maximum atomic E-state index is 3.34. The first kappa shape index (κ1) is 12.8. The van der Waals surface area contributed by atoms with Gasteiger partial charge in [-0.1, -0.05) is 49.3 Å². The molecule has 1 heterocycles. The first-order valence-corrected chi connectivity index (χ1v) is 7.68. The fourth-order valence-corrected chi connectivity index (χ4v) is 3.59. The molecule has 1 nitrogen and oxygen atoms in total. The van der Waals surface area contributed by atoms with E-state index in [2.05, 4.69) is 41.0 Å². The molecule has 0 radical (unpaired) electrons. The van der Waals surface area contributed by atoms with Gasteiger partial charge in [-0.3, -0.25) is 4.90 Å². The molecule has 1 aliphatic heterocycles. The third kappa shape index (κ3) is 3.39.